The van der Waals surface area contributed by atoms with Gasteiger partial charge in [0.1, 0.15) is 6.10 Å². The Labute approximate surface area is 174 Å². The van der Waals surface area contributed by atoms with Gasteiger partial charge in [-0.25, -0.2) is 0 Å². The lowest BCUT2D eigenvalue weighted by Gasteiger charge is -2.25. The van der Waals surface area contributed by atoms with Gasteiger partial charge in [-0.3, -0.25) is 4.90 Å². The fourth-order valence-corrected chi connectivity index (χ4v) is 4.60. The van der Waals surface area contributed by atoms with Gasteiger partial charge >= 0.3 is 0 Å². The molecule has 4 rings (SSSR count). The minimum Gasteiger partial charge on any atom is -0.386 e. The smallest absolute Gasteiger partial charge is 0.101 e. The van der Waals surface area contributed by atoms with E-state index in [2.05, 4.69) is 59.5 Å². The maximum absolute atomic E-state index is 11.0. The van der Waals surface area contributed by atoms with Gasteiger partial charge in [-0.1, -0.05) is 72.3 Å². The molecule has 3 aromatic carbocycles. The summed E-state index contributed by atoms with van der Waals surface area (Å²) in [4.78, 5) is 3.27. The average Bonchev–Trinajstić information content (AvgIpc) is 3.13. The lowest BCUT2D eigenvalue weighted by Crippen LogP contribution is -2.27. The van der Waals surface area contributed by atoms with Crippen LogP contribution in [-0.4, -0.2) is 16.6 Å². The van der Waals surface area contributed by atoms with Gasteiger partial charge in [-0.2, -0.15) is 0 Å². The van der Waals surface area contributed by atoms with Crippen LogP contribution in [0, 0.1) is 0 Å². The average molecular weight is 408 g/mol. The van der Waals surface area contributed by atoms with Crippen molar-refractivity contribution >= 4 is 33.0 Å². The number of benzene rings is 3. The number of aliphatic hydroxyl groups is 1. The summed E-state index contributed by atoms with van der Waals surface area (Å²) >= 11 is 7.74. The number of fused-ring (bicyclic) bond motifs is 1. The molecule has 1 N–H and O–H groups in total. The predicted molar refractivity (Wildman–Crippen MR) is 119 cm³/mol. The fourth-order valence-electron chi connectivity index (χ4n) is 3.40. The first-order valence-electron chi connectivity index (χ1n) is 9.34. The molecule has 0 radical (unpaired) electrons. The molecule has 0 aliphatic rings. The number of halogens is 1. The van der Waals surface area contributed by atoms with Crippen LogP contribution in [0.4, 0.5) is 0 Å². The van der Waals surface area contributed by atoms with Crippen LogP contribution in [0.3, 0.4) is 0 Å². The van der Waals surface area contributed by atoms with Gasteiger partial charge in [-0.05, 0) is 40.8 Å². The topological polar surface area (TPSA) is 23.5 Å². The summed E-state index contributed by atoms with van der Waals surface area (Å²) in [7, 11) is 0. The molecule has 2 nitrogen and oxygen atoms in total. The van der Waals surface area contributed by atoms with Crippen molar-refractivity contribution in [3.63, 3.8) is 0 Å². The highest BCUT2D eigenvalue weighted by molar-refractivity contribution is 7.19. The number of nitrogens with zero attached hydrogens (tertiary/aromatic N) is 1. The maximum Gasteiger partial charge on any atom is 0.101 e. The van der Waals surface area contributed by atoms with Gasteiger partial charge < -0.3 is 5.11 Å². The van der Waals surface area contributed by atoms with E-state index in [0.29, 0.717) is 6.54 Å². The number of rotatable bonds is 7. The molecule has 4 aromatic rings. The SMILES string of the molecule is OC(CN(Cc1ccccc1)Cc1ccccc1)c1cc2cc(Cl)ccc2s1. The number of hydrogen-bond acceptors (Lipinski definition) is 3. The van der Waals surface area contributed by atoms with Crippen molar-refractivity contribution in [2.24, 2.45) is 0 Å². The zero-order chi connectivity index (χ0) is 19.3. The second kappa shape index (κ2) is 8.89. The molecule has 0 saturated carbocycles. The number of thiophene rings is 1. The summed E-state index contributed by atoms with van der Waals surface area (Å²) < 4.78 is 1.15. The van der Waals surface area contributed by atoms with Crippen LogP contribution in [0.1, 0.15) is 22.1 Å². The Bertz CT molecular complexity index is 991. The molecule has 1 aromatic heterocycles. The second-order valence-corrected chi connectivity index (χ2v) is 8.54. The standard InChI is InChI=1S/C24H22ClNOS/c25-21-11-12-23-20(13-21)14-24(28-23)22(27)17-26(15-18-7-3-1-4-8-18)16-19-9-5-2-6-10-19/h1-14,22,27H,15-17H2. The predicted octanol–water partition coefficient (Wildman–Crippen LogP) is 6.29. The molecule has 28 heavy (non-hydrogen) atoms. The van der Waals surface area contributed by atoms with E-state index in [1.165, 1.54) is 11.1 Å². The van der Waals surface area contributed by atoms with Crippen molar-refractivity contribution in [2.45, 2.75) is 19.2 Å². The Hall–Kier alpha value is -2.17. The molecule has 1 atom stereocenters. The lowest BCUT2D eigenvalue weighted by atomic mass is 10.1. The largest absolute Gasteiger partial charge is 0.386 e. The highest BCUT2D eigenvalue weighted by atomic mass is 35.5. The van der Waals surface area contributed by atoms with Crippen molar-refractivity contribution in [2.75, 3.05) is 6.54 Å². The molecule has 4 heteroatoms. The lowest BCUT2D eigenvalue weighted by molar-refractivity contribution is 0.107. The Morgan fingerprint density at radius 2 is 1.43 bits per heavy atom. The summed E-state index contributed by atoms with van der Waals surface area (Å²) in [5.74, 6) is 0. The van der Waals surface area contributed by atoms with E-state index in [4.69, 9.17) is 11.6 Å². The van der Waals surface area contributed by atoms with E-state index >= 15 is 0 Å². The Kier molecular flexibility index (Phi) is 6.08. The van der Waals surface area contributed by atoms with Crippen LogP contribution in [0.5, 0.6) is 0 Å². The molecule has 142 valence electrons. The van der Waals surface area contributed by atoms with Crippen LogP contribution in [0.25, 0.3) is 10.1 Å². The van der Waals surface area contributed by atoms with Crippen molar-refractivity contribution in [1.82, 2.24) is 4.90 Å². The molecule has 0 aliphatic heterocycles. The van der Waals surface area contributed by atoms with Gasteiger partial charge in [0.05, 0.1) is 0 Å². The zero-order valence-electron chi connectivity index (χ0n) is 15.5. The van der Waals surface area contributed by atoms with Crippen LogP contribution >= 0.6 is 22.9 Å². The highest BCUT2D eigenvalue weighted by Crippen LogP contribution is 2.32. The van der Waals surface area contributed by atoms with Gasteiger partial charge in [0.25, 0.3) is 0 Å². The normalized spacial score (nSPS) is 12.5. The van der Waals surface area contributed by atoms with Crippen molar-refractivity contribution in [1.29, 1.82) is 0 Å². The van der Waals surface area contributed by atoms with Crippen LogP contribution in [0.2, 0.25) is 5.02 Å². The molecule has 1 heterocycles. The third kappa shape index (κ3) is 4.81. The second-order valence-electron chi connectivity index (χ2n) is 6.99. The van der Waals surface area contributed by atoms with Crippen molar-refractivity contribution in [3.8, 4) is 0 Å². The van der Waals surface area contributed by atoms with Crippen LogP contribution < -0.4 is 0 Å². The van der Waals surface area contributed by atoms with Crippen LogP contribution in [0.15, 0.2) is 84.9 Å². The fraction of sp³-hybridized carbons (Fsp3) is 0.167. The Morgan fingerprint density at radius 3 is 2.04 bits per heavy atom. The maximum atomic E-state index is 11.0. The molecule has 0 amide bonds. The molecule has 1 unspecified atom stereocenters. The van der Waals surface area contributed by atoms with Gasteiger partial charge in [0, 0.05) is 34.2 Å². The Balaban J connectivity index is 1.54. The first-order chi connectivity index (χ1) is 13.7. The van der Waals surface area contributed by atoms with E-state index in [9.17, 15) is 5.11 Å². The zero-order valence-corrected chi connectivity index (χ0v) is 17.0. The quantitative estimate of drug-likeness (QED) is 0.389. The first kappa shape index (κ1) is 19.2. The van der Waals surface area contributed by atoms with E-state index in [0.717, 1.165) is 33.1 Å². The first-order valence-corrected chi connectivity index (χ1v) is 10.5. The van der Waals surface area contributed by atoms with E-state index < -0.39 is 6.10 Å². The molecule has 0 fully saturated rings. The number of hydrogen-bond donors (Lipinski definition) is 1. The summed E-state index contributed by atoms with van der Waals surface area (Å²) in [6.45, 7) is 2.16. The summed E-state index contributed by atoms with van der Waals surface area (Å²) in [5.41, 5.74) is 2.49. The van der Waals surface area contributed by atoms with Crippen LogP contribution in [-0.2, 0) is 13.1 Å². The third-order valence-electron chi connectivity index (χ3n) is 4.75. The summed E-state index contributed by atoms with van der Waals surface area (Å²) in [5, 5.41) is 12.8. The molecule has 0 bridgehead atoms. The summed E-state index contributed by atoms with van der Waals surface area (Å²) in [6, 6.07) is 28.7. The third-order valence-corrected chi connectivity index (χ3v) is 6.21. The summed E-state index contributed by atoms with van der Waals surface area (Å²) in [6.07, 6.45) is -0.538. The molecule has 0 saturated heterocycles. The van der Waals surface area contributed by atoms with E-state index in [-0.39, 0.29) is 0 Å². The van der Waals surface area contributed by atoms with Gasteiger partial charge in [-0.15, -0.1) is 11.3 Å². The molecular weight excluding hydrogens is 386 g/mol. The van der Waals surface area contributed by atoms with E-state index in [1.807, 2.05) is 30.3 Å². The minimum absolute atomic E-state index is 0.538. The highest BCUT2D eigenvalue weighted by Gasteiger charge is 2.17. The Morgan fingerprint density at radius 1 is 0.821 bits per heavy atom. The van der Waals surface area contributed by atoms with Crippen molar-refractivity contribution in [3.05, 3.63) is 106 Å². The minimum atomic E-state index is -0.538. The number of aliphatic hydroxyl groups excluding tert-OH is 1. The van der Waals surface area contributed by atoms with Gasteiger partial charge in [0.15, 0.2) is 0 Å². The monoisotopic (exact) mass is 407 g/mol. The van der Waals surface area contributed by atoms with E-state index in [1.54, 1.807) is 11.3 Å². The molecule has 0 spiro atoms. The molecular formula is C24H22ClNOS. The van der Waals surface area contributed by atoms with Crippen molar-refractivity contribution < 1.29 is 5.11 Å². The van der Waals surface area contributed by atoms with Gasteiger partial charge in [0.2, 0.25) is 0 Å². The molecule has 0 aliphatic carbocycles.